The number of anilines is 1. The molecule has 3 aromatic rings. The number of hydrogen-bond acceptors (Lipinski definition) is 4. The van der Waals surface area contributed by atoms with Crippen LogP contribution in [-0.4, -0.2) is 38.8 Å². The van der Waals surface area contributed by atoms with Crippen LogP contribution in [0.2, 0.25) is 0 Å². The molecule has 132 valence electrons. The maximum Gasteiger partial charge on any atom is 0.323 e. The Morgan fingerprint density at radius 2 is 1.92 bits per heavy atom. The highest BCUT2D eigenvalue weighted by Gasteiger charge is 2.29. The average molecular weight is 365 g/mol. The van der Waals surface area contributed by atoms with Gasteiger partial charge in [0, 0.05) is 25.1 Å². The van der Waals surface area contributed by atoms with E-state index in [-0.39, 0.29) is 6.03 Å². The second kappa shape index (κ2) is 6.25. The highest BCUT2D eigenvalue weighted by molar-refractivity contribution is 7.19. The molecule has 0 spiro atoms. The summed E-state index contributed by atoms with van der Waals surface area (Å²) in [5.41, 5.74) is 4.36. The summed E-state index contributed by atoms with van der Waals surface area (Å²) in [6.45, 7) is 1.67. The first-order valence-corrected chi connectivity index (χ1v) is 9.79. The van der Waals surface area contributed by atoms with Gasteiger partial charge >= 0.3 is 6.03 Å². The lowest BCUT2D eigenvalue weighted by Gasteiger charge is -2.26. The zero-order valence-corrected chi connectivity index (χ0v) is 15.1. The second-order valence-electron chi connectivity index (χ2n) is 6.72. The van der Waals surface area contributed by atoms with Gasteiger partial charge in [-0.05, 0) is 31.4 Å². The minimum atomic E-state index is -0.0334. The lowest BCUT2D eigenvalue weighted by atomic mass is 10.1. The summed E-state index contributed by atoms with van der Waals surface area (Å²) in [5, 5.41) is 8.22. The number of nitrogens with zero attached hydrogens (tertiary/aromatic N) is 4. The van der Waals surface area contributed by atoms with Crippen LogP contribution < -0.4 is 5.32 Å². The molecule has 1 aromatic carbocycles. The van der Waals surface area contributed by atoms with Crippen molar-refractivity contribution in [3.05, 3.63) is 47.8 Å². The first-order valence-electron chi connectivity index (χ1n) is 8.98. The van der Waals surface area contributed by atoms with Crippen LogP contribution >= 0.6 is 11.3 Å². The molecule has 0 bridgehead atoms. The molecule has 2 amide bonds. The molecule has 1 aliphatic carbocycles. The summed E-state index contributed by atoms with van der Waals surface area (Å²) in [6.07, 6.45) is 6.07. The third-order valence-electron chi connectivity index (χ3n) is 4.97. The van der Waals surface area contributed by atoms with Crippen molar-refractivity contribution in [2.24, 2.45) is 0 Å². The zero-order valence-electron chi connectivity index (χ0n) is 14.3. The van der Waals surface area contributed by atoms with Crippen LogP contribution in [0.5, 0.6) is 0 Å². The molecule has 0 atom stereocenters. The van der Waals surface area contributed by atoms with Gasteiger partial charge in [-0.3, -0.25) is 5.32 Å². The lowest BCUT2D eigenvalue weighted by Crippen LogP contribution is -2.38. The molecule has 5 rings (SSSR count). The number of thiazole rings is 1. The number of carbonyl (C=O) groups is 1. The molecule has 2 aliphatic rings. The van der Waals surface area contributed by atoms with Crippen molar-refractivity contribution >= 4 is 22.5 Å². The van der Waals surface area contributed by atoms with Crippen molar-refractivity contribution in [3.8, 4) is 16.3 Å². The molecule has 1 N–H and O–H groups in total. The Balaban J connectivity index is 1.43. The minimum Gasteiger partial charge on any atom is -0.324 e. The van der Waals surface area contributed by atoms with E-state index in [1.165, 1.54) is 23.3 Å². The summed E-state index contributed by atoms with van der Waals surface area (Å²) in [5.74, 6) is 0. The van der Waals surface area contributed by atoms with E-state index in [4.69, 9.17) is 0 Å². The number of fused-ring (bicyclic) bond motifs is 3. The largest absolute Gasteiger partial charge is 0.324 e. The van der Waals surface area contributed by atoms with Crippen LogP contribution in [-0.2, 0) is 6.42 Å². The Hall–Kier alpha value is -2.67. The van der Waals surface area contributed by atoms with Gasteiger partial charge in [0.05, 0.1) is 28.1 Å². The van der Waals surface area contributed by atoms with E-state index >= 15 is 0 Å². The van der Waals surface area contributed by atoms with Crippen LogP contribution in [0.4, 0.5) is 9.93 Å². The van der Waals surface area contributed by atoms with E-state index < -0.39 is 0 Å². The zero-order chi connectivity index (χ0) is 17.5. The van der Waals surface area contributed by atoms with Crippen LogP contribution in [0.25, 0.3) is 16.3 Å². The number of para-hydroxylation sites is 1. The van der Waals surface area contributed by atoms with Gasteiger partial charge in [0.1, 0.15) is 0 Å². The lowest BCUT2D eigenvalue weighted by molar-refractivity contribution is 0.200. The van der Waals surface area contributed by atoms with E-state index in [1.54, 1.807) is 0 Å². The number of benzene rings is 1. The van der Waals surface area contributed by atoms with Gasteiger partial charge < -0.3 is 4.90 Å². The van der Waals surface area contributed by atoms with Crippen LogP contribution in [0.3, 0.4) is 0 Å². The van der Waals surface area contributed by atoms with Gasteiger partial charge in [-0.2, -0.15) is 5.10 Å². The molecular weight excluding hydrogens is 346 g/mol. The fourth-order valence-corrected chi connectivity index (χ4v) is 4.71. The molecule has 26 heavy (non-hydrogen) atoms. The van der Waals surface area contributed by atoms with E-state index in [1.807, 2.05) is 46.1 Å². The molecule has 0 radical (unpaired) electrons. The number of piperidine rings is 1. The molecule has 1 saturated heterocycles. The predicted octanol–water partition coefficient (Wildman–Crippen LogP) is 3.92. The smallest absolute Gasteiger partial charge is 0.323 e. The summed E-state index contributed by atoms with van der Waals surface area (Å²) in [4.78, 5) is 20.1. The van der Waals surface area contributed by atoms with Crippen molar-refractivity contribution in [3.63, 3.8) is 0 Å². The van der Waals surface area contributed by atoms with Crippen LogP contribution in [0.1, 0.15) is 30.5 Å². The maximum absolute atomic E-state index is 12.4. The van der Waals surface area contributed by atoms with Gasteiger partial charge in [0.25, 0.3) is 0 Å². The number of amides is 2. The van der Waals surface area contributed by atoms with Crippen LogP contribution in [0, 0.1) is 0 Å². The summed E-state index contributed by atoms with van der Waals surface area (Å²) < 4.78 is 1.97. The molecule has 0 unspecified atom stereocenters. The van der Waals surface area contributed by atoms with Crippen LogP contribution in [0.15, 0.2) is 36.5 Å². The molecule has 1 aliphatic heterocycles. The quantitative estimate of drug-likeness (QED) is 0.586. The Morgan fingerprint density at radius 3 is 2.73 bits per heavy atom. The Labute approximate surface area is 155 Å². The predicted molar refractivity (Wildman–Crippen MR) is 102 cm³/mol. The summed E-state index contributed by atoms with van der Waals surface area (Å²) in [6, 6.07) is 10.1. The van der Waals surface area contributed by atoms with Crippen molar-refractivity contribution in [2.75, 3.05) is 18.4 Å². The molecule has 7 heteroatoms. The Kier molecular flexibility index (Phi) is 3.74. The third kappa shape index (κ3) is 2.59. The van der Waals surface area contributed by atoms with E-state index in [2.05, 4.69) is 15.4 Å². The number of hydrogen-bond donors (Lipinski definition) is 1. The minimum absolute atomic E-state index is 0.0334. The highest BCUT2D eigenvalue weighted by atomic mass is 32.1. The number of carbonyl (C=O) groups excluding carboxylic acids is 1. The maximum atomic E-state index is 12.4. The second-order valence-corrected chi connectivity index (χ2v) is 7.71. The third-order valence-corrected chi connectivity index (χ3v) is 5.99. The molecule has 2 aromatic heterocycles. The van der Waals surface area contributed by atoms with Gasteiger partial charge in [-0.15, -0.1) is 0 Å². The fourth-order valence-electron chi connectivity index (χ4n) is 3.68. The summed E-state index contributed by atoms with van der Waals surface area (Å²) in [7, 11) is 0. The van der Waals surface area contributed by atoms with Gasteiger partial charge in [-0.1, -0.05) is 29.5 Å². The SMILES string of the molecule is O=C(Nc1nc2c(s1)-c1c(cnn1-c1ccccc1)C2)N1CCCCC1. The molecule has 1 fully saturated rings. The molecule has 3 heterocycles. The summed E-state index contributed by atoms with van der Waals surface area (Å²) >= 11 is 1.54. The highest BCUT2D eigenvalue weighted by Crippen LogP contribution is 2.43. The molecule has 0 saturated carbocycles. The van der Waals surface area contributed by atoms with Gasteiger partial charge in [0.2, 0.25) is 0 Å². The standard InChI is InChI=1S/C19H19N5OS/c25-19(23-9-5-2-6-10-23)22-18-21-15-11-13-12-20-24(16(13)17(15)26-18)14-7-3-1-4-8-14/h1,3-4,7-8,12H,2,5-6,9-11H2,(H,21,22,25). The topological polar surface area (TPSA) is 63.1 Å². The van der Waals surface area contributed by atoms with E-state index in [0.29, 0.717) is 5.13 Å². The number of nitrogens with one attached hydrogen (secondary N) is 1. The Bertz CT molecular complexity index is 956. The number of rotatable bonds is 2. The average Bonchev–Trinajstić information content (AvgIpc) is 3.34. The van der Waals surface area contributed by atoms with Crippen molar-refractivity contribution in [1.82, 2.24) is 19.7 Å². The van der Waals surface area contributed by atoms with Gasteiger partial charge in [0.15, 0.2) is 5.13 Å². The number of likely N-dealkylation sites (tertiary alicyclic amines) is 1. The molecular formula is C19H19N5OS. The fraction of sp³-hybridized carbons (Fsp3) is 0.316. The number of aromatic nitrogens is 3. The van der Waals surface area contributed by atoms with E-state index in [0.717, 1.165) is 54.3 Å². The molecule has 6 nitrogen and oxygen atoms in total. The first-order chi connectivity index (χ1) is 12.8. The number of urea groups is 1. The Morgan fingerprint density at radius 1 is 1.12 bits per heavy atom. The van der Waals surface area contributed by atoms with Gasteiger partial charge in [-0.25, -0.2) is 14.5 Å². The van der Waals surface area contributed by atoms with Crippen molar-refractivity contribution < 1.29 is 4.79 Å². The van der Waals surface area contributed by atoms with Crippen molar-refractivity contribution in [1.29, 1.82) is 0 Å². The normalized spacial score (nSPS) is 15.6. The van der Waals surface area contributed by atoms with E-state index in [9.17, 15) is 4.79 Å². The first kappa shape index (κ1) is 15.6. The van der Waals surface area contributed by atoms with Crippen molar-refractivity contribution in [2.45, 2.75) is 25.7 Å². The monoisotopic (exact) mass is 365 g/mol.